The predicted molar refractivity (Wildman–Crippen MR) is 95.0 cm³/mol. The molecule has 3 rings (SSSR count). The molecule has 2 atom stereocenters. The number of morpholine rings is 1. The lowest BCUT2D eigenvalue weighted by molar-refractivity contribution is -0.384. The Kier molecular flexibility index (Phi) is 5.53. The molecule has 0 bridgehead atoms. The van der Waals surface area contributed by atoms with E-state index in [2.05, 4.69) is 17.1 Å². The first kappa shape index (κ1) is 17.7. The minimum atomic E-state index is -0.455. The number of carbonyl (C=O) groups is 1. The van der Waals surface area contributed by atoms with E-state index in [0.717, 1.165) is 24.9 Å². The predicted octanol–water partition coefficient (Wildman–Crippen LogP) is 2.74. The molecule has 1 saturated carbocycles. The van der Waals surface area contributed by atoms with Crippen LogP contribution in [0.15, 0.2) is 18.2 Å². The quantitative estimate of drug-likeness (QED) is 0.669. The van der Waals surface area contributed by atoms with E-state index in [9.17, 15) is 14.9 Å². The number of carbonyl (C=O) groups excluding carboxylic acids is 1. The number of nitrogens with zero attached hydrogens (tertiary/aromatic N) is 2. The Morgan fingerprint density at radius 2 is 2.00 bits per heavy atom. The van der Waals surface area contributed by atoms with Crippen LogP contribution in [-0.2, 0) is 4.74 Å². The van der Waals surface area contributed by atoms with Gasteiger partial charge in [-0.1, -0.05) is 19.8 Å². The second-order valence-corrected chi connectivity index (χ2v) is 6.90. The van der Waals surface area contributed by atoms with Gasteiger partial charge in [0, 0.05) is 31.3 Å². The molecule has 1 saturated heterocycles. The van der Waals surface area contributed by atoms with Crippen molar-refractivity contribution < 1.29 is 14.5 Å². The fourth-order valence-corrected chi connectivity index (χ4v) is 3.68. The number of anilines is 1. The molecule has 1 amide bonds. The van der Waals surface area contributed by atoms with E-state index in [0.29, 0.717) is 37.8 Å². The molecule has 1 N–H and O–H groups in total. The minimum absolute atomic E-state index is 0.0566. The average molecular weight is 347 g/mol. The molecule has 0 radical (unpaired) electrons. The van der Waals surface area contributed by atoms with Gasteiger partial charge in [0.25, 0.3) is 11.6 Å². The minimum Gasteiger partial charge on any atom is -0.378 e. The summed E-state index contributed by atoms with van der Waals surface area (Å²) in [6.45, 7) is 4.70. The Bertz CT molecular complexity index is 643. The third-order valence-corrected chi connectivity index (χ3v) is 5.22. The molecular weight excluding hydrogens is 322 g/mol. The van der Waals surface area contributed by atoms with Crippen molar-refractivity contribution in [1.82, 2.24) is 5.32 Å². The Morgan fingerprint density at radius 1 is 1.28 bits per heavy atom. The molecule has 0 aromatic heterocycles. The van der Waals surface area contributed by atoms with Gasteiger partial charge >= 0.3 is 0 Å². The molecule has 2 aliphatic rings. The highest BCUT2D eigenvalue weighted by Gasteiger charge is 2.27. The molecular formula is C18H25N3O4. The van der Waals surface area contributed by atoms with Gasteiger partial charge in [-0.15, -0.1) is 0 Å². The zero-order valence-electron chi connectivity index (χ0n) is 14.6. The van der Waals surface area contributed by atoms with Crippen LogP contribution in [0.2, 0.25) is 0 Å². The van der Waals surface area contributed by atoms with E-state index in [1.54, 1.807) is 6.07 Å². The Labute approximate surface area is 147 Å². The van der Waals surface area contributed by atoms with Crippen LogP contribution in [-0.4, -0.2) is 43.2 Å². The van der Waals surface area contributed by atoms with Crippen molar-refractivity contribution in [3.63, 3.8) is 0 Å². The number of rotatable bonds is 4. The maximum Gasteiger partial charge on any atom is 0.270 e. The van der Waals surface area contributed by atoms with Gasteiger partial charge in [0.05, 0.1) is 29.4 Å². The smallest absolute Gasteiger partial charge is 0.270 e. The van der Waals surface area contributed by atoms with Gasteiger partial charge in [0.2, 0.25) is 0 Å². The lowest BCUT2D eigenvalue weighted by Crippen LogP contribution is -2.42. The van der Waals surface area contributed by atoms with Gasteiger partial charge in [-0.05, 0) is 24.8 Å². The van der Waals surface area contributed by atoms with Crippen LogP contribution >= 0.6 is 0 Å². The maximum atomic E-state index is 12.9. The number of amides is 1. The van der Waals surface area contributed by atoms with Crippen molar-refractivity contribution in [1.29, 1.82) is 0 Å². The second-order valence-electron chi connectivity index (χ2n) is 6.90. The van der Waals surface area contributed by atoms with Gasteiger partial charge in [-0.2, -0.15) is 0 Å². The molecule has 7 heteroatoms. The maximum absolute atomic E-state index is 12.9. The van der Waals surface area contributed by atoms with Crippen LogP contribution in [0.3, 0.4) is 0 Å². The molecule has 2 fully saturated rings. The van der Waals surface area contributed by atoms with E-state index in [-0.39, 0.29) is 17.6 Å². The van der Waals surface area contributed by atoms with E-state index >= 15 is 0 Å². The summed E-state index contributed by atoms with van der Waals surface area (Å²) in [5.41, 5.74) is 1.07. The fourth-order valence-electron chi connectivity index (χ4n) is 3.68. The summed E-state index contributed by atoms with van der Waals surface area (Å²) in [7, 11) is 0. The topological polar surface area (TPSA) is 84.7 Å². The van der Waals surface area contributed by atoms with Crippen molar-refractivity contribution in [3.8, 4) is 0 Å². The van der Waals surface area contributed by atoms with Crippen LogP contribution in [0.25, 0.3) is 0 Å². The Balaban J connectivity index is 1.86. The van der Waals surface area contributed by atoms with Crippen molar-refractivity contribution in [2.75, 3.05) is 31.2 Å². The molecule has 1 aromatic carbocycles. The highest BCUT2D eigenvalue weighted by molar-refractivity contribution is 6.00. The summed E-state index contributed by atoms with van der Waals surface area (Å²) in [6, 6.07) is 4.68. The van der Waals surface area contributed by atoms with Crippen LogP contribution in [0.1, 0.15) is 43.0 Å². The van der Waals surface area contributed by atoms with Gasteiger partial charge < -0.3 is 15.0 Å². The summed E-state index contributed by atoms with van der Waals surface area (Å²) in [4.78, 5) is 25.7. The fraction of sp³-hybridized carbons (Fsp3) is 0.611. The molecule has 0 spiro atoms. The lowest BCUT2D eigenvalue weighted by atomic mass is 9.86. The molecule has 1 aliphatic carbocycles. The molecule has 7 nitrogen and oxygen atoms in total. The average Bonchev–Trinajstić information content (AvgIpc) is 2.63. The summed E-state index contributed by atoms with van der Waals surface area (Å²) in [5, 5.41) is 14.3. The number of benzene rings is 1. The molecule has 136 valence electrons. The number of hydrogen-bond donors (Lipinski definition) is 1. The molecule has 1 aromatic rings. The number of non-ortho nitro benzene ring substituents is 1. The summed E-state index contributed by atoms with van der Waals surface area (Å²) >= 11 is 0. The van der Waals surface area contributed by atoms with Crippen LogP contribution < -0.4 is 10.2 Å². The van der Waals surface area contributed by atoms with E-state index < -0.39 is 4.92 Å². The van der Waals surface area contributed by atoms with Crippen molar-refractivity contribution in [2.24, 2.45) is 5.92 Å². The van der Waals surface area contributed by atoms with Crippen molar-refractivity contribution >= 4 is 17.3 Å². The first-order valence-corrected chi connectivity index (χ1v) is 8.98. The second kappa shape index (κ2) is 7.82. The number of nitrogens with one attached hydrogen (secondary N) is 1. The Morgan fingerprint density at radius 3 is 2.68 bits per heavy atom. The van der Waals surface area contributed by atoms with Crippen LogP contribution in [0, 0.1) is 16.0 Å². The number of nitro benzene ring substituents is 1. The Hall–Kier alpha value is -2.15. The first-order valence-electron chi connectivity index (χ1n) is 8.98. The van der Waals surface area contributed by atoms with Gasteiger partial charge in [0.1, 0.15) is 0 Å². The van der Waals surface area contributed by atoms with E-state index in [4.69, 9.17) is 4.74 Å². The zero-order chi connectivity index (χ0) is 17.8. The highest BCUT2D eigenvalue weighted by Crippen LogP contribution is 2.28. The summed E-state index contributed by atoms with van der Waals surface area (Å²) in [6.07, 6.45) is 4.38. The third kappa shape index (κ3) is 4.10. The van der Waals surface area contributed by atoms with E-state index in [1.165, 1.54) is 18.6 Å². The van der Waals surface area contributed by atoms with Crippen LogP contribution in [0.5, 0.6) is 0 Å². The summed E-state index contributed by atoms with van der Waals surface area (Å²) in [5.74, 6) is 0.215. The van der Waals surface area contributed by atoms with E-state index in [1.807, 2.05) is 0 Å². The molecule has 1 heterocycles. The van der Waals surface area contributed by atoms with Gasteiger partial charge in [-0.25, -0.2) is 0 Å². The number of hydrogen-bond acceptors (Lipinski definition) is 5. The van der Waals surface area contributed by atoms with Crippen molar-refractivity contribution in [2.45, 2.75) is 38.6 Å². The lowest BCUT2D eigenvalue weighted by Gasteiger charge is -2.32. The normalized spacial score (nSPS) is 24.0. The van der Waals surface area contributed by atoms with Crippen LogP contribution in [0.4, 0.5) is 11.4 Å². The van der Waals surface area contributed by atoms with Gasteiger partial charge in [0.15, 0.2) is 0 Å². The standard InChI is InChI=1S/C18H25N3O4/c1-13-4-2-3-5-16(13)19-18(22)15-12-14(21(23)24)6-7-17(15)20-8-10-25-11-9-20/h6-7,12-13,16H,2-5,8-11H2,1H3,(H,19,22)/t13-,16-/m0/s1. The number of ether oxygens (including phenoxy) is 1. The third-order valence-electron chi connectivity index (χ3n) is 5.22. The largest absolute Gasteiger partial charge is 0.378 e. The molecule has 1 aliphatic heterocycles. The SMILES string of the molecule is C[C@H]1CCCC[C@@H]1NC(=O)c1cc([N+](=O)[O-])ccc1N1CCOCC1. The first-order chi connectivity index (χ1) is 12.1. The van der Waals surface area contributed by atoms with Gasteiger partial charge in [-0.3, -0.25) is 14.9 Å². The van der Waals surface area contributed by atoms with Crippen molar-refractivity contribution in [3.05, 3.63) is 33.9 Å². The molecule has 0 unspecified atom stereocenters. The highest BCUT2D eigenvalue weighted by atomic mass is 16.6. The summed E-state index contributed by atoms with van der Waals surface area (Å²) < 4.78 is 5.37. The monoisotopic (exact) mass is 347 g/mol. The zero-order valence-corrected chi connectivity index (χ0v) is 14.6. The number of nitro groups is 1. The molecule has 25 heavy (non-hydrogen) atoms.